The number of para-hydroxylation sites is 1. The van der Waals surface area contributed by atoms with Crippen LogP contribution in [0.25, 0.3) is 0 Å². The first-order valence-electron chi connectivity index (χ1n) is 6.95. The standard InChI is InChI=1S/C15H22F2N2O/c1-11(2)6-3-4-9-18-10-14(20)19-15-12(16)7-5-8-13(15)17/h5,7-8,11,18H,3-4,6,9-10H2,1-2H3,(H,19,20). The molecule has 0 radical (unpaired) electrons. The summed E-state index contributed by atoms with van der Waals surface area (Å²) >= 11 is 0. The van der Waals surface area contributed by atoms with Crippen LogP contribution >= 0.6 is 0 Å². The minimum absolute atomic E-state index is 0.0510. The van der Waals surface area contributed by atoms with E-state index < -0.39 is 17.5 Å². The van der Waals surface area contributed by atoms with Gasteiger partial charge < -0.3 is 10.6 Å². The van der Waals surface area contributed by atoms with E-state index in [1.54, 1.807) is 0 Å². The Labute approximate surface area is 118 Å². The van der Waals surface area contributed by atoms with Gasteiger partial charge in [0, 0.05) is 0 Å². The van der Waals surface area contributed by atoms with E-state index in [0.29, 0.717) is 5.92 Å². The Morgan fingerprint density at radius 3 is 2.45 bits per heavy atom. The molecule has 0 unspecified atom stereocenters. The van der Waals surface area contributed by atoms with Crippen molar-refractivity contribution >= 4 is 11.6 Å². The molecule has 0 bridgehead atoms. The van der Waals surface area contributed by atoms with E-state index in [-0.39, 0.29) is 12.2 Å². The first-order valence-corrected chi connectivity index (χ1v) is 6.95. The number of carbonyl (C=O) groups excluding carboxylic acids is 1. The second kappa shape index (κ2) is 8.64. The van der Waals surface area contributed by atoms with Crippen LogP contribution in [0.5, 0.6) is 0 Å². The van der Waals surface area contributed by atoms with Crippen LogP contribution in [0.4, 0.5) is 14.5 Å². The van der Waals surface area contributed by atoms with Crippen molar-refractivity contribution < 1.29 is 13.6 Å². The fourth-order valence-corrected chi connectivity index (χ4v) is 1.81. The molecule has 0 spiro atoms. The molecule has 1 aromatic rings. The summed E-state index contributed by atoms with van der Waals surface area (Å²) in [6, 6.07) is 3.48. The number of anilines is 1. The zero-order valence-corrected chi connectivity index (χ0v) is 12.0. The van der Waals surface area contributed by atoms with Crippen molar-refractivity contribution in [1.29, 1.82) is 0 Å². The van der Waals surface area contributed by atoms with Gasteiger partial charge in [-0.2, -0.15) is 0 Å². The molecule has 5 heteroatoms. The fraction of sp³-hybridized carbons (Fsp3) is 0.533. The molecular formula is C15H22F2N2O. The van der Waals surface area contributed by atoms with Crippen LogP contribution in [0.15, 0.2) is 18.2 Å². The van der Waals surface area contributed by atoms with Gasteiger partial charge in [-0.3, -0.25) is 4.79 Å². The van der Waals surface area contributed by atoms with E-state index in [2.05, 4.69) is 24.5 Å². The summed E-state index contributed by atoms with van der Waals surface area (Å²) in [5.74, 6) is -1.30. The molecule has 0 heterocycles. The molecule has 2 N–H and O–H groups in total. The smallest absolute Gasteiger partial charge is 0.238 e. The van der Waals surface area contributed by atoms with Crippen LogP contribution in [-0.4, -0.2) is 19.0 Å². The van der Waals surface area contributed by atoms with E-state index >= 15 is 0 Å². The van der Waals surface area contributed by atoms with Gasteiger partial charge in [-0.1, -0.05) is 32.8 Å². The highest BCUT2D eigenvalue weighted by molar-refractivity contribution is 5.92. The van der Waals surface area contributed by atoms with Crippen molar-refractivity contribution in [2.45, 2.75) is 33.1 Å². The van der Waals surface area contributed by atoms with Gasteiger partial charge in [0.05, 0.1) is 6.54 Å². The van der Waals surface area contributed by atoms with Crippen LogP contribution < -0.4 is 10.6 Å². The lowest BCUT2D eigenvalue weighted by molar-refractivity contribution is -0.115. The van der Waals surface area contributed by atoms with Crippen molar-refractivity contribution in [3.63, 3.8) is 0 Å². The SMILES string of the molecule is CC(C)CCCCNCC(=O)Nc1c(F)cccc1F. The lowest BCUT2D eigenvalue weighted by atomic mass is 10.1. The molecule has 0 atom stereocenters. The van der Waals surface area contributed by atoms with Gasteiger partial charge in [0.15, 0.2) is 0 Å². The van der Waals surface area contributed by atoms with Crippen LogP contribution in [0.3, 0.4) is 0 Å². The number of unbranched alkanes of at least 4 members (excludes halogenated alkanes) is 1. The summed E-state index contributed by atoms with van der Waals surface area (Å²) in [5.41, 5.74) is -0.390. The maximum atomic E-state index is 13.3. The van der Waals surface area contributed by atoms with E-state index in [1.165, 1.54) is 6.07 Å². The second-order valence-corrected chi connectivity index (χ2v) is 5.21. The average molecular weight is 284 g/mol. The molecule has 0 aliphatic heterocycles. The Balaban J connectivity index is 2.24. The molecule has 1 rings (SSSR count). The summed E-state index contributed by atoms with van der Waals surface area (Å²) in [6.07, 6.45) is 3.25. The minimum atomic E-state index is -0.768. The number of rotatable bonds is 8. The molecule has 0 aliphatic rings. The van der Waals surface area contributed by atoms with Gasteiger partial charge >= 0.3 is 0 Å². The normalized spacial score (nSPS) is 10.8. The third kappa shape index (κ3) is 6.10. The van der Waals surface area contributed by atoms with Gasteiger partial charge in [0.1, 0.15) is 17.3 Å². The molecule has 0 aliphatic carbocycles. The number of carbonyl (C=O) groups is 1. The first kappa shape index (κ1) is 16.6. The average Bonchev–Trinajstić information content (AvgIpc) is 2.38. The Hall–Kier alpha value is -1.49. The molecule has 1 amide bonds. The predicted octanol–water partition coefficient (Wildman–Crippen LogP) is 3.32. The highest BCUT2D eigenvalue weighted by Gasteiger charge is 2.11. The predicted molar refractivity (Wildman–Crippen MR) is 76.5 cm³/mol. The van der Waals surface area contributed by atoms with E-state index in [0.717, 1.165) is 37.9 Å². The van der Waals surface area contributed by atoms with E-state index in [9.17, 15) is 13.6 Å². The van der Waals surface area contributed by atoms with Crippen LogP contribution in [-0.2, 0) is 4.79 Å². The lowest BCUT2D eigenvalue weighted by Crippen LogP contribution is -2.29. The number of amides is 1. The first-order chi connectivity index (χ1) is 9.50. The van der Waals surface area contributed by atoms with Crippen molar-refractivity contribution in [2.75, 3.05) is 18.4 Å². The van der Waals surface area contributed by atoms with Crippen LogP contribution in [0.2, 0.25) is 0 Å². The van der Waals surface area contributed by atoms with Crippen molar-refractivity contribution in [1.82, 2.24) is 5.32 Å². The monoisotopic (exact) mass is 284 g/mol. The maximum Gasteiger partial charge on any atom is 0.238 e. The van der Waals surface area contributed by atoms with Gasteiger partial charge in [-0.25, -0.2) is 8.78 Å². The summed E-state index contributed by atoms with van der Waals surface area (Å²) in [6.45, 7) is 5.11. The third-order valence-electron chi connectivity index (χ3n) is 2.90. The lowest BCUT2D eigenvalue weighted by Gasteiger charge is -2.09. The quantitative estimate of drug-likeness (QED) is 0.719. The van der Waals surface area contributed by atoms with Gasteiger partial charge in [-0.05, 0) is 31.0 Å². The molecule has 0 aromatic heterocycles. The van der Waals surface area contributed by atoms with Gasteiger partial charge in [-0.15, -0.1) is 0 Å². The summed E-state index contributed by atoms with van der Waals surface area (Å²) in [5, 5.41) is 5.20. The molecule has 1 aromatic carbocycles. The number of hydrogen-bond acceptors (Lipinski definition) is 2. The third-order valence-corrected chi connectivity index (χ3v) is 2.90. The van der Waals surface area contributed by atoms with Crippen LogP contribution in [0, 0.1) is 17.6 Å². The Morgan fingerprint density at radius 1 is 1.20 bits per heavy atom. The molecule has 20 heavy (non-hydrogen) atoms. The zero-order chi connectivity index (χ0) is 15.0. The summed E-state index contributed by atoms with van der Waals surface area (Å²) < 4.78 is 26.6. The van der Waals surface area contributed by atoms with Crippen molar-refractivity contribution in [3.8, 4) is 0 Å². The molecule has 112 valence electrons. The minimum Gasteiger partial charge on any atom is -0.320 e. The summed E-state index contributed by atoms with van der Waals surface area (Å²) in [4.78, 5) is 11.6. The van der Waals surface area contributed by atoms with Crippen molar-refractivity contribution in [3.05, 3.63) is 29.8 Å². The Kier molecular flexibility index (Phi) is 7.15. The Bertz CT molecular complexity index is 416. The highest BCUT2D eigenvalue weighted by atomic mass is 19.1. The number of halogens is 2. The molecule has 0 saturated heterocycles. The second-order valence-electron chi connectivity index (χ2n) is 5.21. The van der Waals surface area contributed by atoms with Gasteiger partial charge in [0.25, 0.3) is 0 Å². The van der Waals surface area contributed by atoms with Crippen LogP contribution in [0.1, 0.15) is 33.1 Å². The molecule has 0 saturated carbocycles. The maximum absolute atomic E-state index is 13.3. The molecule has 3 nitrogen and oxygen atoms in total. The number of nitrogens with one attached hydrogen (secondary N) is 2. The molecule has 0 fully saturated rings. The molecular weight excluding hydrogens is 262 g/mol. The topological polar surface area (TPSA) is 41.1 Å². The van der Waals surface area contributed by atoms with E-state index in [1.807, 2.05) is 0 Å². The number of hydrogen-bond donors (Lipinski definition) is 2. The van der Waals surface area contributed by atoms with Gasteiger partial charge in [0.2, 0.25) is 5.91 Å². The van der Waals surface area contributed by atoms with E-state index in [4.69, 9.17) is 0 Å². The zero-order valence-electron chi connectivity index (χ0n) is 12.0. The highest BCUT2D eigenvalue weighted by Crippen LogP contribution is 2.17. The largest absolute Gasteiger partial charge is 0.320 e. The van der Waals surface area contributed by atoms with Crippen molar-refractivity contribution in [2.24, 2.45) is 5.92 Å². The number of benzene rings is 1. The fourth-order valence-electron chi connectivity index (χ4n) is 1.81. The Morgan fingerprint density at radius 2 is 1.85 bits per heavy atom. The summed E-state index contributed by atoms with van der Waals surface area (Å²) in [7, 11) is 0.